The normalized spacial score (nSPS) is 24.0. The molecule has 6 nitrogen and oxygen atoms in total. The third kappa shape index (κ3) is 1.71. The predicted octanol–water partition coefficient (Wildman–Crippen LogP) is 0.266. The van der Waals surface area contributed by atoms with Gasteiger partial charge >= 0.3 is 5.97 Å². The van der Waals surface area contributed by atoms with Crippen molar-refractivity contribution in [1.82, 2.24) is 4.90 Å². The maximum absolute atomic E-state index is 10.7. The highest BCUT2D eigenvalue weighted by molar-refractivity contribution is 9.11. The molecule has 0 aromatic carbocycles. The Balaban J connectivity index is 2.40. The molecular weight excluding hydrogens is 266 g/mol. The van der Waals surface area contributed by atoms with Crippen LogP contribution in [0.5, 0.6) is 0 Å². The lowest BCUT2D eigenvalue weighted by Gasteiger charge is -2.29. The maximum Gasteiger partial charge on any atom is 0.356 e. The summed E-state index contributed by atoms with van der Waals surface area (Å²) in [4.78, 5) is 12.0. The molecule has 0 amide bonds. The predicted molar refractivity (Wildman–Crippen MR) is 56.5 cm³/mol. The van der Waals surface area contributed by atoms with Crippen LogP contribution in [0.25, 0.3) is 0 Å². The first-order valence-corrected chi connectivity index (χ1v) is 4.79. The highest BCUT2D eigenvalue weighted by Gasteiger charge is 2.31. The molecule has 2 heterocycles. The number of nitrogens with zero attached hydrogens (tertiary/aromatic N) is 3. The molecule has 0 aromatic rings. The van der Waals surface area contributed by atoms with Crippen molar-refractivity contribution < 1.29 is 15.0 Å². The summed E-state index contributed by atoms with van der Waals surface area (Å²) in [6.45, 7) is 0. The fraction of sp³-hybridized carbons (Fsp3) is 0.125. The number of carboxylic acids is 1. The first-order chi connectivity index (χ1) is 7.09. The number of rotatable bonds is 1. The Labute approximate surface area is 93.0 Å². The van der Waals surface area contributed by atoms with Crippen molar-refractivity contribution in [3.8, 4) is 0 Å². The number of fused-ring (bicyclic) bond motifs is 1. The molecule has 0 saturated heterocycles. The lowest BCUT2D eigenvalue weighted by atomic mass is 10.2. The van der Waals surface area contributed by atoms with Gasteiger partial charge in [0.1, 0.15) is 0 Å². The highest BCUT2D eigenvalue weighted by Crippen LogP contribution is 2.19. The molecule has 0 radical (unpaired) electrons. The summed E-state index contributed by atoms with van der Waals surface area (Å²) in [6, 6.07) is 0. The van der Waals surface area contributed by atoms with Gasteiger partial charge in [0, 0.05) is 10.7 Å². The minimum atomic E-state index is -1.31. The fourth-order valence-corrected chi connectivity index (χ4v) is 1.56. The van der Waals surface area contributed by atoms with E-state index in [0.717, 1.165) is 0 Å². The Kier molecular flexibility index (Phi) is 2.41. The monoisotopic (exact) mass is 271 g/mol. The van der Waals surface area contributed by atoms with Crippen LogP contribution in [0.2, 0.25) is 0 Å². The molecule has 0 aromatic heterocycles. The molecule has 1 unspecified atom stereocenters. The summed E-state index contributed by atoms with van der Waals surface area (Å²) in [5.41, 5.74) is -0.398. The van der Waals surface area contributed by atoms with E-state index in [1.54, 1.807) is 18.4 Å². The van der Waals surface area contributed by atoms with Gasteiger partial charge in [-0.15, -0.1) is 10.2 Å². The van der Waals surface area contributed by atoms with E-state index in [1.165, 1.54) is 4.90 Å². The van der Waals surface area contributed by atoms with Gasteiger partial charge in [-0.2, -0.15) is 0 Å². The molecule has 2 aliphatic heterocycles. The third-order valence-electron chi connectivity index (χ3n) is 1.91. The first-order valence-electron chi connectivity index (χ1n) is 4.00. The van der Waals surface area contributed by atoms with Gasteiger partial charge in [0.05, 0.1) is 0 Å². The van der Waals surface area contributed by atoms with Crippen molar-refractivity contribution in [3.63, 3.8) is 0 Å². The molecular formula is C8H6BrN3O3. The van der Waals surface area contributed by atoms with Crippen molar-refractivity contribution in [3.05, 3.63) is 22.8 Å². The van der Waals surface area contributed by atoms with Gasteiger partial charge in [-0.1, -0.05) is 0 Å². The molecule has 15 heavy (non-hydrogen) atoms. The van der Waals surface area contributed by atoms with Crippen LogP contribution in [0.15, 0.2) is 33.0 Å². The summed E-state index contributed by atoms with van der Waals surface area (Å²) >= 11 is 3.21. The molecule has 2 aliphatic rings. The second kappa shape index (κ2) is 3.59. The smallest absolute Gasteiger partial charge is 0.356 e. The van der Waals surface area contributed by atoms with Crippen LogP contribution < -0.4 is 0 Å². The summed E-state index contributed by atoms with van der Waals surface area (Å²) in [7, 11) is 0. The topological polar surface area (TPSA) is 85.5 Å². The largest absolute Gasteiger partial charge is 0.477 e. The van der Waals surface area contributed by atoms with Crippen LogP contribution in [0.3, 0.4) is 0 Å². The van der Waals surface area contributed by atoms with E-state index >= 15 is 0 Å². The number of aliphatic carboxylic acids is 1. The number of halogens is 1. The molecule has 0 aliphatic carbocycles. The van der Waals surface area contributed by atoms with E-state index in [2.05, 4.69) is 26.1 Å². The van der Waals surface area contributed by atoms with Crippen LogP contribution in [0.1, 0.15) is 0 Å². The zero-order valence-electron chi connectivity index (χ0n) is 7.33. The molecule has 0 fully saturated rings. The average Bonchev–Trinajstić information content (AvgIpc) is 2.19. The first kappa shape index (κ1) is 10.1. The molecule has 1 atom stereocenters. The summed E-state index contributed by atoms with van der Waals surface area (Å²) in [5, 5.41) is 25.5. The molecule has 2 N–H and O–H groups in total. The molecule has 7 heteroatoms. The zero-order chi connectivity index (χ0) is 11.0. The van der Waals surface area contributed by atoms with Crippen LogP contribution in [-0.2, 0) is 4.79 Å². The highest BCUT2D eigenvalue weighted by atomic mass is 79.9. The van der Waals surface area contributed by atoms with Gasteiger partial charge in [-0.05, 0) is 28.1 Å². The van der Waals surface area contributed by atoms with E-state index in [4.69, 9.17) is 5.11 Å². The zero-order valence-corrected chi connectivity index (χ0v) is 8.92. The van der Waals surface area contributed by atoms with E-state index in [0.29, 0.717) is 10.3 Å². The van der Waals surface area contributed by atoms with Crippen molar-refractivity contribution >= 4 is 33.4 Å². The van der Waals surface area contributed by atoms with Crippen molar-refractivity contribution in [2.45, 2.75) is 6.23 Å². The Hall–Kier alpha value is -1.47. The quantitative estimate of drug-likeness (QED) is 0.717. The summed E-state index contributed by atoms with van der Waals surface area (Å²) < 4.78 is 0.715. The van der Waals surface area contributed by atoms with Gasteiger partial charge in [-0.3, -0.25) is 4.90 Å². The van der Waals surface area contributed by atoms with Crippen molar-refractivity contribution in [2.24, 2.45) is 10.2 Å². The molecule has 0 saturated carbocycles. The van der Waals surface area contributed by atoms with Crippen molar-refractivity contribution in [1.29, 1.82) is 0 Å². The molecule has 0 bridgehead atoms. The lowest BCUT2D eigenvalue weighted by Crippen LogP contribution is -2.46. The minimum absolute atomic E-state index is 0.398. The second-order valence-electron chi connectivity index (χ2n) is 2.88. The third-order valence-corrected chi connectivity index (χ3v) is 2.38. The molecule has 2 rings (SSSR count). The van der Waals surface area contributed by atoms with E-state index in [9.17, 15) is 9.90 Å². The van der Waals surface area contributed by atoms with E-state index in [-0.39, 0.29) is 0 Å². The number of allylic oxidation sites excluding steroid dienone is 2. The summed E-state index contributed by atoms with van der Waals surface area (Å²) in [5.74, 6) is -0.889. The number of hydrogen-bond acceptors (Lipinski definition) is 5. The van der Waals surface area contributed by atoms with Crippen molar-refractivity contribution in [2.75, 3.05) is 0 Å². The van der Waals surface area contributed by atoms with Crippen LogP contribution in [-0.4, -0.2) is 38.9 Å². The number of hydrogen-bond donors (Lipinski definition) is 2. The van der Waals surface area contributed by atoms with Gasteiger partial charge in [-0.25, -0.2) is 4.79 Å². The number of amidine groups is 1. The lowest BCUT2D eigenvalue weighted by molar-refractivity contribution is -0.130. The Morgan fingerprint density at radius 3 is 2.87 bits per heavy atom. The summed E-state index contributed by atoms with van der Waals surface area (Å²) in [6.07, 6.45) is 3.58. The Morgan fingerprint density at radius 1 is 1.47 bits per heavy atom. The van der Waals surface area contributed by atoms with Gasteiger partial charge in [0.25, 0.3) is 0 Å². The Morgan fingerprint density at radius 2 is 2.20 bits per heavy atom. The van der Waals surface area contributed by atoms with E-state index < -0.39 is 17.9 Å². The molecule has 0 spiro atoms. The van der Waals surface area contributed by atoms with Gasteiger partial charge in [0.15, 0.2) is 17.8 Å². The van der Waals surface area contributed by atoms with Gasteiger partial charge in [0.2, 0.25) is 0 Å². The molecule has 78 valence electrons. The maximum atomic E-state index is 10.7. The standard InChI is InChI=1S/C8H6BrN3O3/c9-4-1-2-5-10-11-6(8(14)15)7(13)12(5)3-4/h1-3,7,13H,(H,14,15). The van der Waals surface area contributed by atoms with Crippen LogP contribution in [0, 0.1) is 0 Å². The van der Waals surface area contributed by atoms with Crippen LogP contribution in [0.4, 0.5) is 0 Å². The van der Waals surface area contributed by atoms with Gasteiger partial charge < -0.3 is 10.2 Å². The van der Waals surface area contributed by atoms with Crippen LogP contribution >= 0.6 is 15.9 Å². The SMILES string of the molecule is O=C(O)C1=NN=C2C=CC(Br)=CN2C1O. The second-order valence-corrected chi connectivity index (χ2v) is 3.79. The number of carboxylic acid groups (broad SMARTS) is 1. The number of carbonyl (C=O) groups is 1. The average molecular weight is 272 g/mol. The van der Waals surface area contributed by atoms with E-state index in [1.807, 2.05) is 0 Å². The number of aliphatic hydroxyl groups excluding tert-OH is 1. The Bertz CT molecular complexity index is 438. The number of aliphatic hydroxyl groups is 1. The minimum Gasteiger partial charge on any atom is -0.477 e. The fourth-order valence-electron chi connectivity index (χ4n) is 1.20.